The summed E-state index contributed by atoms with van der Waals surface area (Å²) in [5, 5.41) is 2.93. The third-order valence-electron chi connectivity index (χ3n) is 7.14. The van der Waals surface area contributed by atoms with Crippen molar-refractivity contribution in [2.75, 3.05) is 79.1 Å². The molecule has 1 N–H and O–H groups in total. The first-order valence-electron chi connectivity index (χ1n) is 14.0. The topological polar surface area (TPSA) is 106 Å². The summed E-state index contributed by atoms with van der Waals surface area (Å²) in [4.78, 5) is 32.8. The summed E-state index contributed by atoms with van der Waals surface area (Å²) in [6.07, 6.45) is 2.17. The van der Waals surface area contributed by atoms with Crippen LogP contribution in [-0.4, -0.2) is 100 Å². The minimum atomic E-state index is -0.348. The van der Waals surface area contributed by atoms with Crippen molar-refractivity contribution >= 4 is 17.6 Å². The average molecular weight is 581 g/mol. The fraction of sp³-hybridized carbons (Fsp3) is 0.419. The van der Waals surface area contributed by atoms with Gasteiger partial charge in [0.05, 0.1) is 47.4 Å². The van der Waals surface area contributed by atoms with Crippen molar-refractivity contribution in [1.29, 1.82) is 0 Å². The van der Waals surface area contributed by atoms with Gasteiger partial charge < -0.3 is 38.5 Å². The van der Waals surface area contributed by atoms with Crippen molar-refractivity contribution in [1.82, 2.24) is 14.7 Å². The number of ether oxygens (including phenoxy) is 4. The van der Waals surface area contributed by atoms with Crippen LogP contribution in [0.25, 0.3) is 0 Å². The number of rotatable bonds is 14. The van der Waals surface area contributed by atoms with Gasteiger partial charge >= 0.3 is 6.03 Å². The minimum absolute atomic E-state index is 0.0844. The highest BCUT2D eigenvalue weighted by Crippen LogP contribution is 2.28. The molecule has 11 nitrogen and oxygen atoms in total. The normalized spacial score (nSPS) is 13.3. The van der Waals surface area contributed by atoms with E-state index in [2.05, 4.69) is 10.2 Å². The second-order valence-electron chi connectivity index (χ2n) is 9.87. The number of methoxy groups -OCH3 is 3. The second-order valence-corrected chi connectivity index (χ2v) is 9.87. The van der Waals surface area contributed by atoms with Crippen LogP contribution in [0.5, 0.6) is 17.2 Å². The van der Waals surface area contributed by atoms with E-state index in [1.807, 2.05) is 24.3 Å². The molecule has 1 aromatic heterocycles. The standard InChI is InChI=1S/C31H40N4O7/c1-38-26-9-7-25(8-10-26)32-31(37)35(15-14-33-16-19-41-20-17-33)23-30(36)34(22-27-5-4-18-42-27)13-12-24-6-11-28(39-2)29(21-24)40-3/h4-11,18,21H,12-17,19-20,22-23H2,1-3H3,(H,32,37). The zero-order valence-corrected chi connectivity index (χ0v) is 24.5. The molecule has 42 heavy (non-hydrogen) atoms. The molecule has 0 unspecified atom stereocenters. The Labute approximate surface area is 246 Å². The molecule has 2 heterocycles. The Hall–Kier alpha value is -4.22. The number of carbonyl (C=O) groups excluding carboxylic acids is 2. The summed E-state index contributed by atoms with van der Waals surface area (Å²) >= 11 is 0. The predicted octanol–water partition coefficient (Wildman–Crippen LogP) is 3.74. The largest absolute Gasteiger partial charge is 0.497 e. The quantitative estimate of drug-likeness (QED) is 0.308. The molecule has 11 heteroatoms. The first-order chi connectivity index (χ1) is 20.5. The van der Waals surface area contributed by atoms with Gasteiger partial charge in [-0.1, -0.05) is 6.07 Å². The maximum absolute atomic E-state index is 13.8. The Bertz CT molecular complexity index is 1260. The van der Waals surface area contributed by atoms with Crippen molar-refractivity contribution in [2.24, 2.45) is 0 Å². The van der Waals surface area contributed by atoms with Crippen LogP contribution in [0.15, 0.2) is 65.3 Å². The van der Waals surface area contributed by atoms with Crippen molar-refractivity contribution in [3.63, 3.8) is 0 Å². The smallest absolute Gasteiger partial charge is 0.322 e. The van der Waals surface area contributed by atoms with Crippen LogP contribution >= 0.6 is 0 Å². The van der Waals surface area contributed by atoms with Crippen LogP contribution < -0.4 is 19.5 Å². The molecule has 0 spiro atoms. The molecular formula is C31H40N4O7. The summed E-state index contributed by atoms with van der Waals surface area (Å²) in [6.45, 7) is 4.54. The Morgan fingerprint density at radius 3 is 2.33 bits per heavy atom. The van der Waals surface area contributed by atoms with Gasteiger partial charge in [0.2, 0.25) is 5.91 Å². The third kappa shape index (κ3) is 8.89. The Balaban J connectivity index is 1.47. The highest BCUT2D eigenvalue weighted by molar-refractivity contribution is 5.92. The lowest BCUT2D eigenvalue weighted by Crippen LogP contribution is -2.48. The van der Waals surface area contributed by atoms with Crippen molar-refractivity contribution < 1.29 is 33.0 Å². The van der Waals surface area contributed by atoms with Gasteiger partial charge in [0.25, 0.3) is 0 Å². The average Bonchev–Trinajstić information content (AvgIpc) is 3.55. The highest BCUT2D eigenvalue weighted by atomic mass is 16.5. The van der Waals surface area contributed by atoms with Gasteiger partial charge in [-0.3, -0.25) is 9.69 Å². The molecule has 1 aliphatic rings. The third-order valence-corrected chi connectivity index (χ3v) is 7.14. The molecule has 0 saturated carbocycles. The Morgan fingerprint density at radius 2 is 1.67 bits per heavy atom. The van der Waals surface area contributed by atoms with E-state index in [1.54, 1.807) is 67.7 Å². The SMILES string of the molecule is COc1ccc(NC(=O)N(CCN2CCOCC2)CC(=O)N(CCc2ccc(OC)c(OC)c2)Cc2ccco2)cc1. The van der Waals surface area contributed by atoms with E-state index in [1.165, 1.54) is 0 Å². The lowest BCUT2D eigenvalue weighted by Gasteiger charge is -2.31. The first kappa shape index (κ1) is 30.7. The van der Waals surface area contributed by atoms with Crippen LogP contribution in [-0.2, 0) is 22.5 Å². The van der Waals surface area contributed by atoms with Gasteiger partial charge in [-0.2, -0.15) is 0 Å². The Kier molecular flexibility index (Phi) is 11.5. The number of benzene rings is 2. The predicted molar refractivity (Wildman–Crippen MR) is 158 cm³/mol. The second kappa shape index (κ2) is 15.7. The van der Waals surface area contributed by atoms with E-state index >= 15 is 0 Å². The zero-order valence-electron chi connectivity index (χ0n) is 24.5. The number of hydrogen-bond acceptors (Lipinski definition) is 8. The molecule has 1 fully saturated rings. The van der Waals surface area contributed by atoms with Crippen molar-refractivity contribution in [3.05, 3.63) is 72.2 Å². The van der Waals surface area contributed by atoms with Gasteiger partial charge in [-0.25, -0.2) is 4.79 Å². The number of nitrogens with one attached hydrogen (secondary N) is 1. The van der Waals surface area contributed by atoms with E-state index in [0.29, 0.717) is 68.0 Å². The number of amides is 3. The van der Waals surface area contributed by atoms with E-state index < -0.39 is 0 Å². The lowest BCUT2D eigenvalue weighted by atomic mass is 10.1. The summed E-state index contributed by atoms with van der Waals surface area (Å²) in [7, 11) is 4.78. The number of furan rings is 1. The molecular weight excluding hydrogens is 540 g/mol. The molecule has 226 valence electrons. The summed E-state index contributed by atoms with van der Waals surface area (Å²) in [6, 6.07) is 16.1. The fourth-order valence-electron chi connectivity index (χ4n) is 4.66. The number of anilines is 1. The molecule has 0 bridgehead atoms. The zero-order chi connectivity index (χ0) is 29.7. The van der Waals surface area contributed by atoms with Crippen LogP contribution in [0.2, 0.25) is 0 Å². The van der Waals surface area contributed by atoms with Crippen LogP contribution in [0.1, 0.15) is 11.3 Å². The van der Waals surface area contributed by atoms with E-state index in [4.69, 9.17) is 23.4 Å². The van der Waals surface area contributed by atoms with Gasteiger partial charge in [0.15, 0.2) is 11.5 Å². The van der Waals surface area contributed by atoms with Crippen LogP contribution in [0.3, 0.4) is 0 Å². The van der Waals surface area contributed by atoms with Gasteiger partial charge in [0, 0.05) is 38.4 Å². The van der Waals surface area contributed by atoms with E-state index in [0.717, 1.165) is 18.7 Å². The van der Waals surface area contributed by atoms with Gasteiger partial charge in [0.1, 0.15) is 18.1 Å². The van der Waals surface area contributed by atoms with Crippen LogP contribution in [0, 0.1) is 0 Å². The number of carbonyl (C=O) groups is 2. The molecule has 1 aliphatic heterocycles. The molecule has 2 aromatic carbocycles. The van der Waals surface area contributed by atoms with Crippen molar-refractivity contribution in [2.45, 2.75) is 13.0 Å². The summed E-state index contributed by atoms with van der Waals surface area (Å²) in [5.74, 6) is 2.44. The maximum atomic E-state index is 13.8. The number of nitrogens with zero attached hydrogens (tertiary/aromatic N) is 3. The van der Waals surface area contributed by atoms with E-state index in [-0.39, 0.29) is 25.0 Å². The molecule has 0 aliphatic carbocycles. The van der Waals surface area contributed by atoms with Gasteiger partial charge in [-0.05, 0) is 60.5 Å². The van der Waals surface area contributed by atoms with Crippen molar-refractivity contribution in [3.8, 4) is 17.2 Å². The Morgan fingerprint density at radius 1 is 0.905 bits per heavy atom. The number of hydrogen-bond donors (Lipinski definition) is 1. The summed E-state index contributed by atoms with van der Waals surface area (Å²) in [5.41, 5.74) is 1.61. The minimum Gasteiger partial charge on any atom is -0.497 e. The number of urea groups is 1. The van der Waals surface area contributed by atoms with E-state index in [9.17, 15) is 9.59 Å². The number of morpholine rings is 1. The lowest BCUT2D eigenvalue weighted by molar-refractivity contribution is -0.132. The molecule has 1 saturated heterocycles. The maximum Gasteiger partial charge on any atom is 0.322 e. The molecule has 3 aromatic rings. The summed E-state index contributed by atoms with van der Waals surface area (Å²) < 4.78 is 27.0. The monoisotopic (exact) mass is 580 g/mol. The highest BCUT2D eigenvalue weighted by Gasteiger charge is 2.24. The van der Waals surface area contributed by atoms with Crippen LogP contribution in [0.4, 0.5) is 10.5 Å². The first-order valence-corrected chi connectivity index (χ1v) is 14.0. The van der Waals surface area contributed by atoms with Gasteiger partial charge in [-0.15, -0.1) is 0 Å². The molecule has 3 amide bonds. The molecule has 0 radical (unpaired) electrons. The molecule has 4 rings (SSSR count). The fourth-order valence-corrected chi connectivity index (χ4v) is 4.66. The molecule has 0 atom stereocenters.